The minimum Gasteiger partial charge on any atom is -0.464 e. The molecule has 3 aromatic rings. The van der Waals surface area contributed by atoms with Crippen LogP contribution in [0.3, 0.4) is 0 Å². The molecule has 2 heterocycles. The summed E-state index contributed by atoms with van der Waals surface area (Å²) in [7, 11) is 0. The molecule has 0 radical (unpaired) electrons. The maximum absolute atomic E-state index is 12.2. The van der Waals surface area contributed by atoms with Crippen LogP contribution in [0.2, 0.25) is 0 Å². The number of nitrogens with one attached hydrogen (secondary N) is 1. The monoisotopic (exact) mass is 294 g/mol. The highest BCUT2D eigenvalue weighted by Gasteiger charge is 2.14. The Hall–Kier alpha value is -2.62. The van der Waals surface area contributed by atoms with Gasteiger partial charge in [-0.3, -0.25) is 9.78 Å². The number of hydrogen-bond acceptors (Lipinski definition) is 3. The number of aromatic nitrogens is 1. The number of hydrogen-bond donors (Lipinski definition) is 1. The van der Waals surface area contributed by atoms with E-state index >= 15 is 0 Å². The third kappa shape index (κ3) is 3.01. The minimum absolute atomic E-state index is 0.0403. The lowest BCUT2D eigenvalue weighted by molar-refractivity contribution is -0.121. The first kappa shape index (κ1) is 14.3. The van der Waals surface area contributed by atoms with Gasteiger partial charge in [0.1, 0.15) is 5.58 Å². The smallest absolute Gasteiger partial charge is 0.225 e. The molecule has 22 heavy (non-hydrogen) atoms. The summed E-state index contributed by atoms with van der Waals surface area (Å²) >= 11 is 0. The van der Waals surface area contributed by atoms with Crippen molar-refractivity contribution in [3.8, 4) is 0 Å². The second-order valence-electron chi connectivity index (χ2n) is 5.48. The van der Waals surface area contributed by atoms with E-state index in [0.717, 1.165) is 27.8 Å². The van der Waals surface area contributed by atoms with Crippen LogP contribution in [-0.4, -0.2) is 10.9 Å². The Kier molecular flexibility index (Phi) is 3.92. The summed E-state index contributed by atoms with van der Waals surface area (Å²) in [6.07, 6.45) is 3.69. The van der Waals surface area contributed by atoms with E-state index in [1.807, 2.05) is 50.2 Å². The average molecular weight is 294 g/mol. The number of rotatable bonds is 4. The molecule has 0 fully saturated rings. The molecule has 1 unspecified atom stereocenters. The van der Waals surface area contributed by atoms with E-state index in [4.69, 9.17) is 4.42 Å². The normalized spacial score (nSPS) is 12.3. The summed E-state index contributed by atoms with van der Waals surface area (Å²) in [5, 5.41) is 3.96. The molecule has 112 valence electrons. The number of carbonyl (C=O) groups excluding carboxylic acids is 1. The van der Waals surface area contributed by atoms with Gasteiger partial charge in [-0.05, 0) is 37.6 Å². The molecule has 0 saturated heterocycles. The van der Waals surface area contributed by atoms with E-state index in [9.17, 15) is 4.79 Å². The molecule has 4 heteroatoms. The van der Waals surface area contributed by atoms with Crippen LogP contribution in [0.15, 0.2) is 53.3 Å². The number of pyridine rings is 1. The van der Waals surface area contributed by atoms with Crippen LogP contribution in [0.5, 0.6) is 0 Å². The van der Waals surface area contributed by atoms with Crippen LogP contribution in [0, 0.1) is 6.92 Å². The fraction of sp³-hybridized carbons (Fsp3) is 0.222. The average Bonchev–Trinajstić information content (AvgIpc) is 2.90. The fourth-order valence-corrected chi connectivity index (χ4v) is 2.50. The Morgan fingerprint density at radius 2 is 2.18 bits per heavy atom. The molecule has 4 nitrogen and oxygen atoms in total. The number of nitrogens with zero attached hydrogens (tertiary/aromatic N) is 1. The first-order chi connectivity index (χ1) is 10.6. The van der Waals surface area contributed by atoms with Crippen LogP contribution < -0.4 is 5.32 Å². The lowest BCUT2D eigenvalue weighted by Crippen LogP contribution is -2.28. The zero-order valence-corrected chi connectivity index (χ0v) is 12.7. The van der Waals surface area contributed by atoms with Gasteiger partial charge in [0.25, 0.3) is 0 Å². The van der Waals surface area contributed by atoms with Crippen molar-refractivity contribution in [3.63, 3.8) is 0 Å². The van der Waals surface area contributed by atoms with Gasteiger partial charge in [0.05, 0.1) is 24.4 Å². The van der Waals surface area contributed by atoms with Gasteiger partial charge in [0, 0.05) is 17.1 Å². The Bertz CT molecular complexity index is 793. The number of furan rings is 1. The van der Waals surface area contributed by atoms with Crippen LogP contribution in [0.1, 0.15) is 29.8 Å². The molecular formula is C18H18N2O2. The Labute approximate surface area is 129 Å². The number of aryl methyl sites for hydroxylation is 1. The molecule has 1 N–H and O–H groups in total. The van der Waals surface area contributed by atoms with Gasteiger partial charge < -0.3 is 9.73 Å². The van der Waals surface area contributed by atoms with Crippen molar-refractivity contribution in [2.24, 2.45) is 0 Å². The van der Waals surface area contributed by atoms with E-state index in [2.05, 4.69) is 10.3 Å². The summed E-state index contributed by atoms with van der Waals surface area (Å²) in [6, 6.07) is 11.6. The molecular weight excluding hydrogens is 276 g/mol. The van der Waals surface area contributed by atoms with E-state index in [1.54, 1.807) is 12.5 Å². The number of fused-ring (bicyclic) bond motifs is 1. The molecule has 0 aliphatic rings. The van der Waals surface area contributed by atoms with Crippen molar-refractivity contribution < 1.29 is 9.21 Å². The van der Waals surface area contributed by atoms with Crippen molar-refractivity contribution in [2.45, 2.75) is 26.3 Å². The molecule has 3 rings (SSSR count). The molecule has 0 saturated carbocycles. The Balaban J connectivity index is 1.71. The predicted molar refractivity (Wildman–Crippen MR) is 85.4 cm³/mol. The number of benzene rings is 1. The van der Waals surface area contributed by atoms with Gasteiger partial charge in [0.15, 0.2) is 0 Å². The third-order valence-electron chi connectivity index (χ3n) is 3.67. The molecule has 1 aromatic carbocycles. The Morgan fingerprint density at radius 3 is 2.95 bits per heavy atom. The lowest BCUT2D eigenvalue weighted by Gasteiger charge is -2.12. The molecule has 0 bridgehead atoms. The van der Waals surface area contributed by atoms with Crippen molar-refractivity contribution in [1.82, 2.24) is 10.3 Å². The number of carbonyl (C=O) groups is 1. The van der Waals surface area contributed by atoms with Crippen molar-refractivity contribution in [1.29, 1.82) is 0 Å². The highest BCUT2D eigenvalue weighted by molar-refractivity contribution is 5.88. The van der Waals surface area contributed by atoms with Gasteiger partial charge in [-0.25, -0.2) is 0 Å². The van der Waals surface area contributed by atoms with Gasteiger partial charge in [-0.15, -0.1) is 0 Å². The van der Waals surface area contributed by atoms with Crippen LogP contribution in [0.4, 0.5) is 0 Å². The minimum atomic E-state index is -0.117. The summed E-state index contributed by atoms with van der Waals surface area (Å²) < 4.78 is 5.53. The van der Waals surface area contributed by atoms with Crippen LogP contribution in [-0.2, 0) is 11.2 Å². The van der Waals surface area contributed by atoms with Crippen molar-refractivity contribution in [2.75, 3.05) is 0 Å². The lowest BCUT2D eigenvalue weighted by atomic mass is 10.1. The highest BCUT2D eigenvalue weighted by Crippen LogP contribution is 2.23. The van der Waals surface area contributed by atoms with E-state index in [0.29, 0.717) is 6.42 Å². The van der Waals surface area contributed by atoms with Crippen molar-refractivity contribution >= 4 is 16.9 Å². The van der Waals surface area contributed by atoms with Gasteiger partial charge in [0.2, 0.25) is 5.91 Å². The SMILES string of the molecule is Cc1ccc2c(CC(=O)NC(C)c3ccccn3)coc2c1. The first-order valence-electron chi connectivity index (χ1n) is 7.30. The van der Waals surface area contributed by atoms with E-state index in [1.165, 1.54) is 0 Å². The molecule has 0 aliphatic heterocycles. The molecule has 1 amide bonds. The molecule has 1 atom stereocenters. The third-order valence-corrected chi connectivity index (χ3v) is 3.67. The van der Waals surface area contributed by atoms with Gasteiger partial charge >= 0.3 is 0 Å². The largest absolute Gasteiger partial charge is 0.464 e. The maximum Gasteiger partial charge on any atom is 0.225 e. The highest BCUT2D eigenvalue weighted by atomic mass is 16.3. The predicted octanol–water partition coefficient (Wildman–Crippen LogP) is 3.56. The topological polar surface area (TPSA) is 55.1 Å². The zero-order chi connectivity index (χ0) is 15.5. The zero-order valence-electron chi connectivity index (χ0n) is 12.7. The summed E-state index contributed by atoms with van der Waals surface area (Å²) in [5.74, 6) is -0.0403. The summed E-state index contributed by atoms with van der Waals surface area (Å²) in [6.45, 7) is 3.94. The van der Waals surface area contributed by atoms with Crippen LogP contribution >= 0.6 is 0 Å². The first-order valence-corrected chi connectivity index (χ1v) is 7.30. The van der Waals surface area contributed by atoms with Gasteiger partial charge in [-0.2, -0.15) is 0 Å². The van der Waals surface area contributed by atoms with Crippen molar-refractivity contribution in [3.05, 3.63) is 65.7 Å². The second-order valence-corrected chi connectivity index (χ2v) is 5.48. The van der Waals surface area contributed by atoms with Gasteiger partial charge in [-0.1, -0.05) is 18.2 Å². The standard InChI is InChI=1S/C18H18N2O2/c1-12-6-7-15-14(11-22-17(15)9-12)10-18(21)20-13(2)16-5-3-4-8-19-16/h3-9,11,13H,10H2,1-2H3,(H,20,21). The summed E-state index contributed by atoms with van der Waals surface area (Å²) in [4.78, 5) is 16.5. The van der Waals surface area contributed by atoms with Crippen LogP contribution in [0.25, 0.3) is 11.0 Å². The van der Waals surface area contributed by atoms with E-state index in [-0.39, 0.29) is 11.9 Å². The van der Waals surface area contributed by atoms with E-state index < -0.39 is 0 Å². The maximum atomic E-state index is 12.2. The molecule has 2 aromatic heterocycles. The second kappa shape index (κ2) is 6.02. The molecule has 0 spiro atoms. The quantitative estimate of drug-likeness (QED) is 0.800. The summed E-state index contributed by atoms with van der Waals surface area (Å²) in [5.41, 5.74) is 3.71. The fourth-order valence-electron chi connectivity index (χ4n) is 2.50. The number of amides is 1. The molecule has 0 aliphatic carbocycles. The Morgan fingerprint density at radius 1 is 1.32 bits per heavy atom.